The van der Waals surface area contributed by atoms with Crippen LogP contribution in [0.4, 0.5) is 0 Å². The van der Waals surface area contributed by atoms with E-state index in [2.05, 4.69) is 27.7 Å². The first-order valence-electron chi connectivity index (χ1n) is 22.9. The molecule has 308 valence electrons. The molecule has 0 rings (SSSR count). The number of hydrogen-bond acceptors (Lipinski definition) is 6. The Balaban J connectivity index is 4.30. The van der Waals surface area contributed by atoms with Gasteiger partial charge in [-0.05, 0) is 25.2 Å². The molecule has 0 saturated heterocycles. The summed E-state index contributed by atoms with van der Waals surface area (Å²) in [6.45, 7) is 8.97. The summed E-state index contributed by atoms with van der Waals surface area (Å²) >= 11 is 0. The van der Waals surface area contributed by atoms with Crippen molar-refractivity contribution < 1.29 is 28.6 Å². The molecule has 6 heteroatoms. The molecule has 0 aliphatic heterocycles. The van der Waals surface area contributed by atoms with Crippen LogP contribution in [0.3, 0.4) is 0 Å². The second-order valence-electron chi connectivity index (χ2n) is 16.2. The third-order valence-corrected chi connectivity index (χ3v) is 10.3. The van der Waals surface area contributed by atoms with E-state index in [-0.39, 0.29) is 31.1 Å². The molecule has 0 aliphatic carbocycles. The fourth-order valence-corrected chi connectivity index (χ4v) is 6.80. The molecular formula is C46H88O6. The molecule has 0 spiro atoms. The SMILES string of the molecule is CCCCCCCCCCCCC(=O)OC[C@@H](COC(=O)CCCCCCCCCCC)OC(=O)CCCCCCCCCCCCCCC(C)C. The Hall–Kier alpha value is -1.59. The van der Waals surface area contributed by atoms with Crippen LogP contribution in [0.1, 0.15) is 252 Å². The number of rotatable bonds is 41. The van der Waals surface area contributed by atoms with Crippen molar-refractivity contribution in [1.82, 2.24) is 0 Å². The topological polar surface area (TPSA) is 78.9 Å². The molecule has 1 atom stereocenters. The summed E-state index contributed by atoms with van der Waals surface area (Å²) in [6, 6.07) is 0. The lowest BCUT2D eigenvalue weighted by atomic mass is 10.0. The standard InChI is InChI=1S/C46H88O6/c1-5-7-9-11-13-15-22-26-30-34-38-45(48)51-41-43(40-50-44(47)37-33-29-25-20-14-12-10-8-6-2)52-46(49)39-35-31-27-23-19-17-16-18-21-24-28-32-36-42(3)4/h42-43H,5-41H2,1-4H3/t43-/m1/s1. The molecule has 0 heterocycles. The van der Waals surface area contributed by atoms with E-state index < -0.39 is 6.10 Å². The van der Waals surface area contributed by atoms with E-state index in [0.29, 0.717) is 19.3 Å². The second kappa shape index (κ2) is 40.6. The maximum absolute atomic E-state index is 12.7. The summed E-state index contributed by atoms with van der Waals surface area (Å²) in [5.74, 6) is -0.0249. The molecule has 0 saturated carbocycles. The highest BCUT2D eigenvalue weighted by Crippen LogP contribution is 2.16. The zero-order chi connectivity index (χ0) is 38.2. The smallest absolute Gasteiger partial charge is 0.306 e. The Kier molecular flexibility index (Phi) is 39.4. The minimum absolute atomic E-state index is 0.0639. The Morgan fingerprint density at radius 3 is 0.942 bits per heavy atom. The fourth-order valence-electron chi connectivity index (χ4n) is 6.80. The quantitative estimate of drug-likeness (QED) is 0.0353. The van der Waals surface area contributed by atoms with Crippen molar-refractivity contribution in [3.63, 3.8) is 0 Å². The zero-order valence-electron chi connectivity index (χ0n) is 35.3. The van der Waals surface area contributed by atoms with Crippen LogP contribution in [0.2, 0.25) is 0 Å². The fraction of sp³-hybridized carbons (Fsp3) is 0.935. The average Bonchev–Trinajstić information content (AvgIpc) is 3.12. The Morgan fingerprint density at radius 1 is 0.365 bits per heavy atom. The van der Waals surface area contributed by atoms with Crippen LogP contribution in [-0.2, 0) is 28.6 Å². The summed E-state index contributed by atoms with van der Waals surface area (Å²) in [7, 11) is 0. The number of ether oxygens (including phenoxy) is 3. The summed E-state index contributed by atoms with van der Waals surface area (Å²) in [4.78, 5) is 37.6. The van der Waals surface area contributed by atoms with Gasteiger partial charge in [0.2, 0.25) is 0 Å². The lowest BCUT2D eigenvalue weighted by Crippen LogP contribution is -2.30. The van der Waals surface area contributed by atoms with Gasteiger partial charge in [0.25, 0.3) is 0 Å². The van der Waals surface area contributed by atoms with E-state index in [0.717, 1.165) is 63.7 Å². The molecule has 0 aromatic rings. The van der Waals surface area contributed by atoms with E-state index in [1.165, 1.54) is 148 Å². The van der Waals surface area contributed by atoms with Gasteiger partial charge in [-0.15, -0.1) is 0 Å². The van der Waals surface area contributed by atoms with Crippen LogP contribution in [0.15, 0.2) is 0 Å². The van der Waals surface area contributed by atoms with E-state index in [1.54, 1.807) is 0 Å². The second-order valence-corrected chi connectivity index (χ2v) is 16.2. The molecule has 52 heavy (non-hydrogen) atoms. The molecule has 6 nitrogen and oxygen atoms in total. The first kappa shape index (κ1) is 50.4. The molecule has 0 amide bonds. The largest absolute Gasteiger partial charge is 0.462 e. The van der Waals surface area contributed by atoms with Crippen LogP contribution in [0.5, 0.6) is 0 Å². The summed E-state index contributed by atoms with van der Waals surface area (Å²) in [5, 5.41) is 0. The third kappa shape index (κ3) is 39.6. The van der Waals surface area contributed by atoms with Crippen molar-refractivity contribution in [3.8, 4) is 0 Å². The number of esters is 3. The zero-order valence-corrected chi connectivity index (χ0v) is 35.3. The van der Waals surface area contributed by atoms with E-state index >= 15 is 0 Å². The first-order valence-corrected chi connectivity index (χ1v) is 22.9. The van der Waals surface area contributed by atoms with Gasteiger partial charge in [-0.2, -0.15) is 0 Å². The summed E-state index contributed by atoms with van der Waals surface area (Å²) < 4.78 is 16.7. The van der Waals surface area contributed by atoms with Crippen molar-refractivity contribution >= 4 is 17.9 Å². The van der Waals surface area contributed by atoms with Crippen LogP contribution < -0.4 is 0 Å². The number of carbonyl (C=O) groups excluding carboxylic acids is 3. The van der Waals surface area contributed by atoms with Crippen LogP contribution in [-0.4, -0.2) is 37.2 Å². The van der Waals surface area contributed by atoms with Gasteiger partial charge in [-0.1, -0.05) is 214 Å². The van der Waals surface area contributed by atoms with Crippen molar-refractivity contribution in [2.24, 2.45) is 5.92 Å². The summed E-state index contributed by atoms with van der Waals surface area (Å²) in [6.07, 6.45) is 39.4. The highest BCUT2D eigenvalue weighted by atomic mass is 16.6. The van der Waals surface area contributed by atoms with Crippen molar-refractivity contribution in [3.05, 3.63) is 0 Å². The van der Waals surface area contributed by atoms with Crippen molar-refractivity contribution in [2.75, 3.05) is 13.2 Å². The van der Waals surface area contributed by atoms with Crippen molar-refractivity contribution in [1.29, 1.82) is 0 Å². The van der Waals surface area contributed by atoms with Crippen LogP contribution >= 0.6 is 0 Å². The van der Waals surface area contributed by atoms with Crippen molar-refractivity contribution in [2.45, 2.75) is 259 Å². The number of unbranched alkanes of at least 4 members (excludes halogenated alkanes) is 28. The predicted molar refractivity (Wildman–Crippen MR) is 220 cm³/mol. The van der Waals surface area contributed by atoms with Gasteiger partial charge in [0.15, 0.2) is 6.10 Å². The van der Waals surface area contributed by atoms with E-state index in [1.807, 2.05) is 0 Å². The highest BCUT2D eigenvalue weighted by Gasteiger charge is 2.19. The Morgan fingerprint density at radius 2 is 0.635 bits per heavy atom. The van der Waals surface area contributed by atoms with Gasteiger partial charge in [0.05, 0.1) is 0 Å². The lowest BCUT2D eigenvalue weighted by molar-refractivity contribution is -0.167. The lowest BCUT2D eigenvalue weighted by Gasteiger charge is -2.18. The number of carbonyl (C=O) groups is 3. The average molecular weight is 737 g/mol. The minimum Gasteiger partial charge on any atom is -0.462 e. The van der Waals surface area contributed by atoms with Gasteiger partial charge in [0, 0.05) is 19.3 Å². The molecule has 0 N–H and O–H groups in total. The Labute approximate surface area is 323 Å². The molecule has 0 unspecified atom stereocenters. The third-order valence-electron chi connectivity index (χ3n) is 10.3. The highest BCUT2D eigenvalue weighted by molar-refractivity contribution is 5.71. The molecular weight excluding hydrogens is 648 g/mol. The van der Waals surface area contributed by atoms with E-state index in [4.69, 9.17) is 14.2 Å². The van der Waals surface area contributed by atoms with Gasteiger partial charge < -0.3 is 14.2 Å². The normalized spacial score (nSPS) is 11.9. The first-order chi connectivity index (χ1) is 25.4. The van der Waals surface area contributed by atoms with Crippen LogP contribution in [0.25, 0.3) is 0 Å². The molecule has 0 aliphatic rings. The monoisotopic (exact) mass is 737 g/mol. The maximum Gasteiger partial charge on any atom is 0.306 e. The molecule has 0 radical (unpaired) electrons. The molecule has 0 aromatic carbocycles. The van der Waals surface area contributed by atoms with Gasteiger partial charge in [-0.25, -0.2) is 0 Å². The molecule has 0 aromatic heterocycles. The van der Waals surface area contributed by atoms with Gasteiger partial charge in [-0.3, -0.25) is 14.4 Å². The Bertz CT molecular complexity index is 781. The van der Waals surface area contributed by atoms with Gasteiger partial charge in [0.1, 0.15) is 13.2 Å². The molecule has 0 fully saturated rings. The van der Waals surface area contributed by atoms with Gasteiger partial charge >= 0.3 is 17.9 Å². The summed E-state index contributed by atoms with van der Waals surface area (Å²) in [5.41, 5.74) is 0. The maximum atomic E-state index is 12.7. The van der Waals surface area contributed by atoms with Crippen LogP contribution in [0, 0.1) is 5.92 Å². The predicted octanol–water partition coefficient (Wildman–Crippen LogP) is 14.3. The minimum atomic E-state index is -0.758. The number of hydrogen-bond donors (Lipinski definition) is 0. The van der Waals surface area contributed by atoms with E-state index in [9.17, 15) is 14.4 Å². The molecule has 0 bridgehead atoms.